The van der Waals surface area contributed by atoms with Crippen LogP contribution < -0.4 is 5.32 Å². The Morgan fingerprint density at radius 2 is 2.00 bits per heavy atom. The number of aromatic nitrogens is 4. The molecule has 0 radical (unpaired) electrons. The molecule has 11 heteroatoms. The summed E-state index contributed by atoms with van der Waals surface area (Å²) in [6, 6.07) is 7.92. The molecule has 1 amide bonds. The predicted molar refractivity (Wildman–Crippen MR) is 108 cm³/mol. The van der Waals surface area contributed by atoms with Crippen LogP contribution in [0.1, 0.15) is 11.4 Å². The lowest BCUT2D eigenvalue weighted by Crippen LogP contribution is -2.20. The Hall–Kier alpha value is -4.15. The smallest absolute Gasteiger partial charge is 0.312 e. The summed E-state index contributed by atoms with van der Waals surface area (Å²) in [5, 5.41) is 17.8. The number of halogens is 2. The standard InChI is InChI=1S/C20H16F2N6O3/c1-10-19(28(30)31)11(2)27(26-10)9-18(29)23-13-4-6-16-17(8-13)25-20(24-16)14-7-12(21)3-5-15(14)22/h3-8H,9H2,1-2H3,(H,23,29)(H,24,25). The first-order valence-electron chi connectivity index (χ1n) is 9.16. The van der Waals surface area contributed by atoms with Gasteiger partial charge in [0, 0.05) is 5.69 Å². The van der Waals surface area contributed by atoms with Crippen LogP contribution in [0.15, 0.2) is 36.4 Å². The summed E-state index contributed by atoms with van der Waals surface area (Å²) < 4.78 is 28.8. The SMILES string of the molecule is Cc1nn(CC(=O)Nc2ccc3nc(-c4cc(F)ccc4F)[nH]c3c2)c(C)c1[N+](=O)[O-]. The number of nitro groups is 1. The van der Waals surface area contributed by atoms with E-state index in [1.54, 1.807) is 18.2 Å². The number of hydrogen-bond donors (Lipinski definition) is 2. The first-order valence-corrected chi connectivity index (χ1v) is 9.16. The van der Waals surface area contributed by atoms with Gasteiger partial charge in [-0.25, -0.2) is 13.8 Å². The molecular weight excluding hydrogens is 410 g/mol. The fourth-order valence-electron chi connectivity index (χ4n) is 3.34. The first-order chi connectivity index (χ1) is 14.7. The second kappa shape index (κ2) is 7.59. The monoisotopic (exact) mass is 426 g/mol. The van der Waals surface area contributed by atoms with Gasteiger partial charge in [0.1, 0.15) is 35.4 Å². The number of nitrogens with one attached hydrogen (secondary N) is 2. The maximum atomic E-state index is 14.0. The second-order valence-electron chi connectivity index (χ2n) is 6.92. The number of rotatable bonds is 5. The maximum absolute atomic E-state index is 14.0. The number of aryl methyl sites for hydroxylation is 1. The lowest BCUT2D eigenvalue weighted by Gasteiger charge is -2.06. The van der Waals surface area contributed by atoms with Crippen LogP contribution in [0.4, 0.5) is 20.2 Å². The summed E-state index contributed by atoms with van der Waals surface area (Å²) in [4.78, 5) is 30.2. The van der Waals surface area contributed by atoms with Crippen LogP contribution in [0.3, 0.4) is 0 Å². The van der Waals surface area contributed by atoms with Crippen molar-refractivity contribution >= 4 is 28.3 Å². The molecule has 2 aromatic heterocycles. The van der Waals surface area contributed by atoms with E-state index in [0.29, 0.717) is 16.7 Å². The summed E-state index contributed by atoms with van der Waals surface area (Å²) in [5.74, 6) is -1.48. The average molecular weight is 426 g/mol. The van der Waals surface area contributed by atoms with Crippen molar-refractivity contribution in [2.75, 3.05) is 5.32 Å². The van der Waals surface area contributed by atoms with Crippen molar-refractivity contribution in [3.63, 3.8) is 0 Å². The van der Waals surface area contributed by atoms with E-state index in [9.17, 15) is 23.7 Å². The highest BCUT2D eigenvalue weighted by molar-refractivity contribution is 5.93. The number of amides is 1. The van der Waals surface area contributed by atoms with E-state index < -0.39 is 22.5 Å². The van der Waals surface area contributed by atoms with Crippen molar-refractivity contribution in [2.24, 2.45) is 0 Å². The van der Waals surface area contributed by atoms with Crippen molar-refractivity contribution in [2.45, 2.75) is 20.4 Å². The van der Waals surface area contributed by atoms with Gasteiger partial charge in [0.2, 0.25) is 5.91 Å². The quantitative estimate of drug-likeness (QED) is 0.371. The molecule has 0 fully saturated rings. The molecule has 0 aliphatic heterocycles. The number of nitrogens with zero attached hydrogens (tertiary/aromatic N) is 4. The molecule has 0 aliphatic carbocycles. The molecule has 0 aliphatic rings. The van der Waals surface area contributed by atoms with E-state index in [-0.39, 0.29) is 35.0 Å². The van der Waals surface area contributed by atoms with Crippen molar-refractivity contribution in [3.8, 4) is 11.4 Å². The lowest BCUT2D eigenvalue weighted by molar-refractivity contribution is -0.386. The summed E-state index contributed by atoms with van der Waals surface area (Å²) in [7, 11) is 0. The number of hydrogen-bond acceptors (Lipinski definition) is 5. The molecule has 4 aromatic rings. The van der Waals surface area contributed by atoms with Crippen molar-refractivity contribution in [1.82, 2.24) is 19.7 Å². The van der Waals surface area contributed by atoms with Gasteiger partial charge in [-0.05, 0) is 50.2 Å². The molecule has 9 nitrogen and oxygen atoms in total. The van der Waals surface area contributed by atoms with Gasteiger partial charge in [-0.1, -0.05) is 0 Å². The number of imidazole rings is 1. The Balaban J connectivity index is 1.55. The molecule has 2 N–H and O–H groups in total. The molecule has 0 atom stereocenters. The zero-order valence-electron chi connectivity index (χ0n) is 16.4. The molecule has 0 spiro atoms. The Morgan fingerprint density at radius 3 is 2.71 bits per heavy atom. The molecule has 4 rings (SSSR count). The van der Waals surface area contributed by atoms with Crippen molar-refractivity contribution in [1.29, 1.82) is 0 Å². The number of fused-ring (bicyclic) bond motifs is 1. The highest BCUT2D eigenvalue weighted by atomic mass is 19.1. The van der Waals surface area contributed by atoms with Crippen LogP contribution >= 0.6 is 0 Å². The number of benzene rings is 2. The number of H-pyrrole nitrogens is 1. The topological polar surface area (TPSA) is 119 Å². The van der Waals surface area contributed by atoms with Gasteiger partial charge in [0.25, 0.3) is 0 Å². The van der Waals surface area contributed by atoms with Crippen LogP contribution in [0.2, 0.25) is 0 Å². The minimum absolute atomic E-state index is 0.00657. The molecule has 2 heterocycles. The van der Waals surface area contributed by atoms with Gasteiger partial charge >= 0.3 is 5.69 Å². The summed E-state index contributed by atoms with van der Waals surface area (Å²) >= 11 is 0. The first kappa shape index (κ1) is 20.1. The van der Waals surface area contributed by atoms with Gasteiger partial charge in [-0.15, -0.1) is 0 Å². The number of carbonyl (C=O) groups excluding carboxylic acids is 1. The Labute approximate surface area is 173 Å². The van der Waals surface area contributed by atoms with E-state index >= 15 is 0 Å². The number of aromatic amines is 1. The van der Waals surface area contributed by atoms with Crippen LogP contribution in [0, 0.1) is 35.6 Å². The van der Waals surface area contributed by atoms with Crippen molar-refractivity contribution < 1.29 is 18.5 Å². The normalized spacial score (nSPS) is 11.1. The fraction of sp³-hybridized carbons (Fsp3) is 0.150. The molecule has 158 valence electrons. The van der Waals surface area contributed by atoms with Crippen molar-refractivity contribution in [3.05, 3.63) is 69.5 Å². The Kier molecular flexibility index (Phi) is 4.93. The molecule has 0 saturated heterocycles. The fourth-order valence-corrected chi connectivity index (χ4v) is 3.34. The lowest BCUT2D eigenvalue weighted by atomic mass is 10.2. The Morgan fingerprint density at radius 1 is 1.23 bits per heavy atom. The number of anilines is 1. The minimum atomic E-state index is -0.618. The van der Waals surface area contributed by atoms with Gasteiger partial charge in [0.05, 0.1) is 21.5 Å². The largest absolute Gasteiger partial charge is 0.338 e. The van der Waals surface area contributed by atoms with E-state index in [1.807, 2.05) is 0 Å². The molecule has 0 bridgehead atoms. The van der Waals surface area contributed by atoms with Crippen LogP contribution in [0.5, 0.6) is 0 Å². The van der Waals surface area contributed by atoms with E-state index in [4.69, 9.17) is 0 Å². The highest BCUT2D eigenvalue weighted by Crippen LogP contribution is 2.26. The van der Waals surface area contributed by atoms with E-state index in [0.717, 1.165) is 18.2 Å². The maximum Gasteiger partial charge on any atom is 0.312 e. The average Bonchev–Trinajstić information content (AvgIpc) is 3.23. The van der Waals surface area contributed by atoms with Crippen LogP contribution in [-0.4, -0.2) is 30.6 Å². The summed E-state index contributed by atoms with van der Waals surface area (Å²) in [5.41, 5.74) is 1.83. The third kappa shape index (κ3) is 3.84. The summed E-state index contributed by atoms with van der Waals surface area (Å²) in [6.45, 7) is 2.82. The van der Waals surface area contributed by atoms with Gasteiger partial charge in [0.15, 0.2) is 0 Å². The Bertz CT molecular complexity index is 1340. The summed E-state index contributed by atoms with van der Waals surface area (Å²) in [6.07, 6.45) is 0. The van der Waals surface area contributed by atoms with Crippen LogP contribution in [-0.2, 0) is 11.3 Å². The van der Waals surface area contributed by atoms with Gasteiger partial charge in [-0.3, -0.25) is 19.6 Å². The predicted octanol–water partition coefficient (Wildman–Crippen LogP) is 3.87. The highest BCUT2D eigenvalue weighted by Gasteiger charge is 2.22. The third-order valence-electron chi connectivity index (χ3n) is 4.77. The number of carbonyl (C=O) groups is 1. The van der Waals surface area contributed by atoms with Gasteiger partial charge < -0.3 is 10.3 Å². The second-order valence-corrected chi connectivity index (χ2v) is 6.92. The van der Waals surface area contributed by atoms with E-state index in [1.165, 1.54) is 18.5 Å². The minimum Gasteiger partial charge on any atom is -0.338 e. The zero-order valence-corrected chi connectivity index (χ0v) is 16.4. The third-order valence-corrected chi connectivity index (χ3v) is 4.77. The molecule has 31 heavy (non-hydrogen) atoms. The van der Waals surface area contributed by atoms with E-state index in [2.05, 4.69) is 20.4 Å². The molecule has 0 saturated carbocycles. The molecule has 0 unspecified atom stereocenters. The molecule has 2 aromatic carbocycles. The molecular formula is C20H16F2N6O3. The zero-order chi connectivity index (χ0) is 22.3. The van der Waals surface area contributed by atoms with Gasteiger partial charge in [-0.2, -0.15) is 5.10 Å². The van der Waals surface area contributed by atoms with Crippen LogP contribution in [0.25, 0.3) is 22.4 Å².